The molecule has 36 heavy (non-hydrogen) atoms. The van der Waals surface area contributed by atoms with E-state index >= 15 is 0 Å². The fourth-order valence-electron chi connectivity index (χ4n) is 5.39. The van der Waals surface area contributed by atoms with E-state index in [9.17, 15) is 19.6 Å². The van der Waals surface area contributed by atoms with Crippen LogP contribution < -0.4 is 4.90 Å². The maximum absolute atomic E-state index is 13.8. The number of amides is 3. The molecule has 4 rings (SSSR count). The standard InChI is InChI=1S/C28H31ClN4O3/c1-20-13-22(16-29)6-4-10-32(19-28(20)8-11-31(12-9-28)21(2)34)27(36)24-15-26(35)33(18-24)25-7-3-5-23(14-25)17-30/h3-7,13-14,24H,1,8-12,15-16,18-19H2,2H3/b6-4-,22-13+/t24-/m0/s1. The average molecular weight is 507 g/mol. The second kappa shape index (κ2) is 10.7. The lowest BCUT2D eigenvalue weighted by Crippen LogP contribution is -2.50. The van der Waals surface area contributed by atoms with Gasteiger partial charge in [-0.25, -0.2) is 0 Å². The van der Waals surface area contributed by atoms with Gasteiger partial charge in [-0.05, 0) is 42.2 Å². The van der Waals surface area contributed by atoms with E-state index in [1.54, 1.807) is 36.1 Å². The number of rotatable bonds is 3. The Morgan fingerprint density at radius 2 is 2.00 bits per heavy atom. The van der Waals surface area contributed by atoms with Crippen molar-refractivity contribution in [3.8, 4) is 6.07 Å². The van der Waals surface area contributed by atoms with Crippen molar-refractivity contribution in [2.45, 2.75) is 26.2 Å². The van der Waals surface area contributed by atoms with Gasteiger partial charge in [0.05, 0.1) is 17.6 Å². The first-order valence-corrected chi connectivity index (χ1v) is 12.8. The molecule has 3 aliphatic heterocycles. The molecule has 1 aromatic rings. The summed E-state index contributed by atoms with van der Waals surface area (Å²) in [6, 6.07) is 8.99. The first-order chi connectivity index (χ1) is 17.3. The molecule has 0 aliphatic carbocycles. The molecule has 1 spiro atoms. The number of benzene rings is 1. The molecule has 0 radical (unpaired) electrons. The Morgan fingerprint density at radius 3 is 2.67 bits per heavy atom. The van der Waals surface area contributed by atoms with Crippen molar-refractivity contribution < 1.29 is 14.4 Å². The number of hydrogen-bond donors (Lipinski definition) is 0. The van der Waals surface area contributed by atoms with E-state index in [1.165, 1.54) is 0 Å². The number of alkyl halides is 1. The van der Waals surface area contributed by atoms with Gasteiger partial charge < -0.3 is 14.7 Å². The number of nitrogens with zero attached hydrogens (tertiary/aromatic N) is 4. The lowest BCUT2D eigenvalue weighted by molar-refractivity contribution is -0.138. The Morgan fingerprint density at radius 1 is 1.25 bits per heavy atom. The molecule has 1 atom stereocenters. The Hall–Kier alpha value is -3.37. The minimum Gasteiger partial charge on any atom is -0.343 e. The zero-order valence-electron chi connectivity index (χ0n) is 20.6. The van der Waals surface area contributed by atoms with Gasteiger partial charge >= 0.3 is 0 Å². The average Bonchev–Trinajstić information content (AvgIpc) is 3.30. The predicted octanol–water partition coefficient (Wildman–Crippen LogP) is 3.66. The van der Waals surface area contributed by atoms with Gasteiger partial charge in [0.25, 0.3) is 0 Å². The molecule has 3 heterocycles. The highest BCUT2D eigenvalue weighted by Crippen LogP contribution is 2.41. The molecule has 3 amide bonds. The SMILES string of the molecule is C=C1/C=C(CCl)\C=C/CN(C(=O)[C@H]2CC(=O)N(c3cccc(C#N)c3)C2)CC12CCN(C(C)=O)CC2. The van der Waals surface area contributed by atoms with Crippen LogP contribution in [0.5, 0.6) is 0 Å². The molecule has 0 unspecified atom stereocenters. The second-order valence-corrected chi connectivity index (χ2v) is 10.1. The summed E-state index contributed by atoms with van der Waals surface area (Å²) in [6.07, 6.45) is 7.43. The zero-order chi connectivity index (χ0) is 25.9. The normalized spacial score (nSPS) is 24.4. The first-order valence-electron chi connectivity index (χ1n) is 12.2. The van der Waals surface area contributed by atoms with Crippen LogP contribution in [0.3, 0.4) is 0 Å². The van der Waals surface area contributed by atoms with Gasteiger partial charge in [-0.15, -0.1) is 11.6 Å². The van der Waals surface area contributed by atoms with E-state index in [0.29, 0.717) is 56.2 Å². The third-order valence-electron chi connectivity index (χ3n) is 7.59. The van der Waals surface area contributed by atoms with Crippen molar-refractivity contribution in [1.29, 1.82) is 5.26 Å². The lowest BCUT2D eigenvalue weighted by Gasteiger charge is -2.45. The Bertz CT molecular complexity index is 1170. The van der Waals surface area contributed by atoms with E-state index < -0.39 is 5.92 Å². The Balaban J connectivity index is 1.57. The van der Waals surface area contributed by atoms with Crippen LogP contribution in [-0.4, -0.2) is 66.1 Å². The van der Waals surface area contributed by atoms with Gasteiger partial charge in [-0.3, -0.25) is 14.4 Å². The Labute approximate surface area is 217 Å². The molecule has 0 N–H and O–H groups in total. The molecule has 8 heteroatoms. The summed E-state index contributed by atoms with van der Waals surface area (Å²) in [6.45, 7) is 8.34. The molecule has 3 aliphatic rings. The van der Waals surface area contributed by atoms with Crippen LogP contribution in [-0.2, 0) is 14.4 Å². The summed E-state index contributed by atoms with van der Waals surface area (Å²) in [5.74, 6) is -0.270. The van der Waals surface area contributed by atoms with E-state index in [0.717, 1.165) is 11.1 Å². The molecular weight excluding hydrogens is 476 g/mol. The molecule has 2 fully saturated rings. The minimum atomic E-state index is -0.472. The molecule has 188 valence electrons. The lowest BCUT2D eigenvalue weighted by atomic mass is 9.71. The quantitative estimate of drug-likeness (QED) is 0.585. The fourth-order valence-corrected chi connectivity index (χ4v) is 5.56. The molecule has 0 bridgehead atoms. The third-order valence-corrected chi connectivity index (χ3v) is 7.89. The number of halogens is 1. The van der Waals surface area contributed by atoms with Crippen LogP contribution in [0.4, 0.5) is 5.69 Å². The molecule has 0 aromatic heterocycles. The van der Waals surface area contributed by atoms with E-state index in [-0.39, 0.29) is 36.1 Å². The van der Waals surface area contributed by atoms with Crippen LogP contribution in [0.1, 0.15) is 31.7 Å². The summed E-state index contributed by atoms with van der Waals surface area (Å²) >= 11 is 6.17. The fraction of sp³-hybridized carbons (Fsp3) is 0.429. The third kappa shape index (κ3) is 5.24. The number of anilines is 1. The van der Waals surface area contributed by atoms with Crippen LogP contribution >= 0.6 is 11.6 Å². The van der Waals surface area contributed by atoms with Gasteiger partial charge in [0, 0.05) is 63.1 Å². The zero-order valence-corrected chi connectivity index (χ0v) is 21.3. The monoisotopic (exact) mass is 506 g/mol. The van der Waals surface area contributed by atoms with Gasteiger partial charge in [-0.1, -0.05) is 30.9 Å². The first kappa shape index (κ1) is 25.7. The van der Waals surface area contributed by atoms with Crippen molar-refractivity contribution in [3.63, 3.8) is 0 Å². The summed E-state index contributed by atoms with van der Waals surface area (Å²) in [5.41, 5.74) is 2.59. The number of carbonyl (C=O) groups is 3. The van der Waals surface area contributed by atoms with E-state index in [1.807, 2.05) is 28.0 Å². The number of carbonyl (C=O) groups excluding carboxylic acids is 3. The number of piperidine rings is 1. The summed E-state index contributed by atoms with van der Waals surface area (Å²) < 4.78 is 0. The number of allylic oxidation sites excluding steroid dienone is 3. The van der Waals surface area contributed by atoms with Crippen molar-refractivity contribution in [2.24, 2.45) is 11.3 Å². The maximum atomic E-state index is 13.8. The number of hydrogen-bond acceptors (Lipinski definition) is 4. The molecular formula is C28H31ClN4O3. The van der Waals surface area contributed by atoms with Crippen LogP contribution in [0, 0.1) is 22.7 Å². The second-order valence-electron chi connectivity index (χ2n) is 9.85. The van der Waals surface area contributed by atoms with Crippen LogP contribution in [0.15, 0.2) is 60.2 Å². The van der Waals surface area contributed by atoms with Crippen molar-refractivity contribution in [1.82, 2.24) is 9.80 Å². The highest BCUT2D eigenvalue weighted by atomic mass is 35.5. The smallest absolute Gasteiger partial charge is 0.228 e. The minimum absolute atomic E-state index is 0.0511. The number of nitriles is 1. The van der Waals surface area contributed by atoms with Crippen LogP contribution in [0.2, 0.25) is 0 Å². The van der Waals surface area contributed by atoms with Gasteiger partial charge in [0.1, 0.15) is 0 Å². The molecule has 0 saturated carbocycles. The highest BCUT2D eigenvalue weighted by molar-refractivity contribution is 6.19. The van der Waals surface area contributed by atoms with Crippen LogP contribution in [0.25, 0.3) is 0 Å². The molecule has 7 nitrogen and oxygen atoms in total. The topological polar surface area (TPSA) is 84.7 Å². The van der Waals surface area contributed by atoms with Crippen molar-refractivity contribution >= 4 is 35.0 Å². The molecule has 2 saturated heterocycles. The van der Waals surface area contributed by atoms with E-state index in [4.69, 9.17) is 11.6 Å². The van der Waals surface area contributed by atoms with Gasteiger partial charge in [0.15, 0.2) is 0 Å². The molecule has 1 aromatic carbocycles. The predicted molar refractivity (Wildman–Crippen MR) is 139 cm³/mol. The highest BCUT2D eigenvalue weighted by Gasteiger charge is 2.43. The van der Waals surface area contributed by atoms with Crippen molar-refractivity contribution in [2.75, 3.05) is 43.5 Å². The van der Waals surface area contributed by atoms with Crippen molar-refractivity contribution in [3.05, 3.63) is 65.8 Å². The summed E-state index contributed by atoms with van der Waals surface area (Å²) in [7, 11) is 0. The summed E-state index contributed by atoms with van der Waals surface area (Å²) in [4.78, 5) is 43.9. The summed E-state index contributed by atoms with van der Waals surface area (Å²) in [5, 5.41) is 9.22. The number of likely N-dealkylation sites (tertiary alicyclic amines) is 1. The maximum Gasteiger partial charge on any atom is 0.228 e. The Kier molecular flexibility index (Phi) is 7.65. The van der Waals surface area contributed by atoms with Gasteiger partial charge in [0.2, 0.25) is 17.7 Å². The van der Waals surface area contributed by atoms with E-state index in [2.05, 4.69) is 12.6 Å². The van der Waals surface area contributed by atoms with Gasteiger partial charge in [-0.2, -0.15) is 5.26 Å². The largest absolute Gasteiger partial charge is 0.343 e.